The van der Waals surface area contributed by atoms with Crippen molar-refractivity contribution in [2.45, 2.75) is 0 Å². The van der Waals surface area contributed by atoms with Crippen LogP contribution in [0.2, 0.25) is 0 Å². The molecule has 3 aromatic heterocycles. The highest BCUT2D eigenvalue weighted by atomic mass is 16.3. The molecule has 0 bridgehead atoms. The molecule has 0 atom stereocenters. The maximum absolute atomic E-state index is 6.76. The molecule has 0 radical (unpaired) electrons. The quantitative estimate of drug-likeness (QED) is 0.190. The first-order valence-corrected chi connectivity index (χ1v) is 16.4. The third-order valence-corrected chi connectivity index (χ3v) is 9.56. The van der Waals surface area contributed by atoms with E-state index in [2.05, 4.69) is 149 Å². The van der Waals surface area contributed by atoms with E-state index in [0.29, 0.717) is 0 Å². The van der Waals surface area contributed by atoms with Crippen molar-refractivity contribution in [1.82, 2.24) is 4.98 Å². The van der Waals surface area contributed by atoms with Crippen LogP contribution in [0.4, 0.5) is 17.1 Å². The standard InChI is InChI=1S/C45H28N2O2/c1-2-11-32(12-3-1)47(39-17-8-16-37-36-14-6-7-18-40(36)48-44(37)39)33-22-20-29(21-23-33)38-28-31-10-4-5-13-35(31)43-42-34(30-24-26-46-27-25-30)15-9-19-41(42)49-45(38)43/h1-28H. The van der Waals surface area contributed by atoms with Crippen molar-refractivity contribution >= 4 is 71.7 Å². The van der Waals surface area contributed by atoms with Gasteiger partial charge in [-0.15, -0.1) is 0 Å². The second-order valence-corrected chi connectivity index (χ2v) is 12.3. The fraction of sp³-hybridized carbons (Fsp3) is 0. The van der Waals surface area contributed by atoms with Crippen molar-refractivity contribution in [1.29, 1.82) is 0 Å². The fourth-order valence-corrected chi connectivity index (χ4v) is 7.36. The van der Waals surface area contributed by atoms with Gasteiger partial charge in [0.15, 0.2) is 5.58 Å². The van der Waals surface area contributed by atoms with Crippen LogP contribution in [-0.4, -0.2) is 4.98 Å². The Labute approximate surface area is 282 Å². The minimum absolute atomic E-state index is 0.861. The smallest absolute Gasteiger partial charge is 0.159 e. The Hall–Kier alpha value is -6.65. The average molecular weight is 629 g/mol. The van der Waals surface area contributed by atoms with Gasteiger partial charge in [-0.05, 0) is 88.1 Å². The van der Waals surface area contributed by atoms with E-state index < -0.39 is 0 Å². The van der Waals surface area contributed by atoms with Crippen LogP contribution < -0.4 is 4.90 Å². The molecular weight excluding hydrogens is 601 g/mol. The first-order valence-electron chi connectivity index (χ1n) is 16.4. The van der Waals surface area contributed by atoms with Crippen LogP contribution in [0.25, 0.3) is 76.9 Å². The zero-order valence-electron chi connectivity index (χ0n) is 26.4. The summed E-state index contributed by atoms with van der Waals surface area (Å²) in [6, 6.07) is 55.1. The minimum atomic E-state index is 0.861. The van der Waals surface area contributed by atoms with Crippen LogP contribution in [0.15, 0.2) is 179 Å². The summed E-state index contributed by atoms with van der Waals surface area (Å²) in [6.45, 7) is 0. The number of rotatable bonds is 5. The molecule has 0 spiro atoms. The van der Waals surface area contributed by atoms with Gasteiger partial charge in [0.1, 0.15) is 16.7 Å². The monoisotopic (exact) mass is 628 g/mol. The Morgan fingerprint density at radius 3 is 1.94 bits per heavy atom. The molecule has 4 heteroatoms. The first-order chi connectivity index (χ1) is 24.3. The number of aromatic nitrogens is 1. The molecule has 0 saturated heterocycles. The third-order valence-electron chi connectivity index (χ3n) is 9.56. The van der Waals surface area contributed by atoms with Gasteiger partial charge in [0, 0.05) is 50.9 Å². The van der Waals surface area contributed by atoms with E-state index in [4.69, 9.17) is 8.83 Å². The molecule has 0 saturated carbocycles. The highest BCUT2D eigenvalue weighted by molar-refractivity contribution is 6.25. The molecule has 0 amide bonds. The summed E-state index contributed by atoms with van der Waals surface area (Å²) in [4.78, 5) is 6.53. The lowest BCUT2D eigenvalue weighted by Crippen LogP contribution is -2.10. The van der Waals surface area contributed by atoms with E-state index in [9.17, 15) is 0 Å². The van der Waals surface area contributed by atoms with Crippen molar-refractivity contribution in [2.24, 2.45) is 0 Å². The Bertz CT molecular complexity index is 2820. The molecule has 3 heterocycles. The molecule has 4 nitrogen and oxygen atoms in total. The second-order valence-electron chi connectivity index (χ2n) is 12.3. The minimum Gasteiger partial charge on any atom is -0.455 e. The summed E-state index contributed by atoms with van der Waals surface area (Å²) < 4.78 is 13.3. The van der Waals surface area contributed by atoms with Gasteiger partial charge in [0.2, 0.25) is 0 Å². The third kappa shape index (κ3) is 4.35. The summed E-state index contributed by atoms with van der Waals surface area (Å²) in [5, 5.41) is 6.80. The van der Waals surface area contributed by atoms with Gasteiger partial charge in [-0.1, -0.05) is 97.1 Å². The van der Waals surface area contributed by atoms with Crippen LogP contribution in [0.1, 0.15) is 0 Å². The highest BCUT2D eigenvalue weighted by Crippen LogP contribution is 2.46. The predicted molar refractivity (Wildman–Crippen MR) is 202 cm³/mol. The van der Waals surface area contributed by atoms with Gasteiger partial charge >= 0.3 is 0 Å². The van der Waals surface area contributed by atoms with Crippen LogP contribution in [0.5, 0.6) is 0 Å². The van der Waals surface area contributed by atoms with Crippen molar-refractivity contribution in [2.75, 3.05) is 4.90 Å². The summed E-state index contributed by atoms with van der Waals surface area (Å²) in [6.07, 6.45) is 3.68. The lowest BCUT2D eigenvalue weighted by Gasteiger charge is -2.25. The average Bonchev–Trinajstić information content (AvgIpc) is 3.76. The Balaban J connectivity index is 1.17. The number of nitrogens with zero attached hydrogens (tertiary/aromatic N) is 2. The molecule has 7 aromatic carbocycles. The number of pyridine rings is 1. The first kappa shape index (κ1) is 27.5. The molecule has 0 fully saturated rings. The summed E-state index contributed by atoms with van der Waals surface area (Å²) in [5.41, 5.74) is 11.0. The molecule has 49 heavy (non-hydrogen) atoms. The molecule has 0 aliphatic rings. The SMILES string of the molecule is c1ccc(N(c2ccc(-c3cc4ccccc4c4c3oc3cccc(-c5ccncc5)c34)cc2)c2cccc3c2oc2ccccc23)cc1. The van der Waals surface area contributed by atoms with Crippen LogP contribution in [0.3, 0.4) is 0 Å². The highest BCUT2D eigenvalue weighted by Gasteiger charge is 2.21. The summed E-state index contributed by atoms with van der Waals surface area (Å²) in [7, 11) is 0. The number of fused-ring (bicyclic) bond motifs is 8. The Morgan fingerprint density at radius 1 is 0.429 bits per heavy atom. The number of hydrogen-bond donors (Lipinski definition) is 0. The molecule has 0 aliphatic carbocycles. The van der Waals surface area contributed by atoms with E-state index in [-0.39, 0.29) is 0 Å². The van der Waals surface area contributed by atoms with Gasteiger partial charge in [0.25, 0.3) is 0 Å². The van der Waals surface area contributed by atoms with Gasteiger partial charge in [-0.2, -0.15) is 0 Å². The van der Waals surface area contributed by atoms with E-state index in [1.165, 1.54) is 10.8 Å². The zero-order valence-corrected chi connectivity index (χ0v) is 26.4. The number of benzene rings is 7. The van der Waals surface area contributed by atoms with Gasteiger partial charge in [-0.3, -0.25) is 4.98 Å². The molecule has 0 unspecified atom stereocenters. The van der Waals surface area contributed by atoms with Crippen LogP contribution in [0, 0.1) is 0 Å². The van der Waals surface area contributed by atoms with E-state index in [0.717, 1.165) is 83.2 Å². The summed E-state index contributed by atoms with van der Waals surface area (Å²) >= 11 is 0. The predicted octanol–water partition coefficient (Wildman–Crippen LogP) is 12.8. The van der Waals surface area contributed by atoms with Gasteiger partial charge < -0.3 is 13.7 Å². The largest absolute Gasteiger partial charge is 0.455 e. The maximum Gasteiger partial charge on any atom is 0.159 e. The van der Waals surface area contributed by atoms with E-state index in [1.54, 1.807) is 0 Å². The maximum atomic E-state index is 6.76. The number of hydrogen-bond acceptors (Lipinski definition) is 4. The summed E-state index contributed by atoms with van der Waals surface area (Å²) in [5.74, 6) is 0. The number of anilines is 3. The van der Waals surface area contributed by atoms with E-state index >= 15 is 0 Å². The zero-order chi connectivity index (χ0) is 32.3. The lowest BCUT2D eigenvalue weighted by molar-refractivity contribution is 0.669. The molecule has 0 N–H and O–H groups in total. The molecule has 10 rings (SSSR count). The number of para-hydroxylation sites is 3. The molecular formula is C45H28N2O2. The van der Waals surface area contributed by atoms with Crippen LogP contribution in [-0.2, 0) is 0 Å². The Morgan fingerprint density at radius 2 is 1.08 bits per heavy atom. The van der Waals surface area contributed by atoms with Gasteiger partial charge in [-0.25, -0.2) is 0 Å². The molecule has 0 aliphatic heterocycles. The van der Waals surface area contributed by atoms with Gasteiger partial charge in [0.05, 0.1) is 5.69 Å². The molecule has 10 aromatic rings. The topological polar surface area (TPSA) is 42.4 Å². The Kier molecular flexibility index (Phi) is 6.15. The van der Waals surface area contributed by atoms with E-state index in [1.807, 2.05) is 30.6 Å². The van der Waals surface area contributed by atoms with Crippen molar-refractivity contribution in [3.05, 3.63) is 170 Å². The lowest BCUT2D eigenvalue weighted by atomic mass is 9.93. The molecule has 230 valence electrons. The normalized spacial score (nSPS) is 11.7. The number of furan rings is 2. The fourth-order valence-electron chi connectivity index (χ4n) is 7.36. The van der Waals surface area contributed by atoms with Crippen molar-refractivity contribution in [3.8, 4) is 22.3 Å². The van der Waals surface area contributed by atoms with Crippen molar-refractivity contribution < 1.29 is 8.83 Å². The van der Waals surface area contributed by atoms with Crippen LogP contribution >= 0.6 is 0 Å². The van der Waals surface area contributed by atoms with Crippen molar-refractivity contribution in [3.63, 3.8) is 0 Å². The second kappa shape index (κ2) is 11.0.